The van der Waals surface area contributed by atoms with Crippen LogP contribution in [0, 0.1) is 0 Å². The predicted octanol–water partition coefficient (Wildman–Crippen LogP) is 19.1. The molecule has 0 fully saturated rings. The first kappa shape index (κ1) is 67.5. The Morgan fingerprint density at radius 3 is 0.971 bits per heavy atom. The molecule has 0 bridgehead atoms. The third kappa shape index (κ3) is 56.4. The second-order valence-electron chi connectivity index (χ2n) is 22.1. The maximum absolute atomic E-state index is 12.8. The maximum Gasteiger partial charge on any atom is 0.472 e. The SMILES string of the molecule is CCCCCCCCCCCCCCCCCCCCCCCCCCOCC(COP(=O)(O)OCC[N+](C)(C)C)OC(=O)CCCCCCCCCCCCCCCCCCCCCCCC. The van der Waals surface area contributed by atoms with E-state index in [1.807, 2.05) is 21.1 Å². The number of nitrogens with zero attached hydrogens (tertiary/aromatic N) is 1. The molecule has 0 aromatic rings. The van der Waals surface area contributed by atoms with Gasteiger partial charge in [0, 0.05) is 13.0 Å². The maximum atomic E-state index is 12.8. The van der Waals surface area contributed by atoms with Gasteiger partial charge in [0.2, 0.25) is 0 Å². The molecule has 0 aromatic carbocycles. The van der Waals surface area contributed by atoms with Crippen molar-refractivity contribution in [2.45, 2.75) is 322 Å². The van der Waals surface area contributed by atoms with Gasteiger partial charge in [-0.2, -0.15) is 0 Å². The number of quaternary nitrogens is 1. The molecule has 0 amide bonds. The first-order valence-corrected chi connectivity index (χ1v) is 31.8. The van der Waals surface area contributed by atoms with Crippen LogP contribution < -0.4 is 0 Å². The summed E-state index contributed by atoms with van der Waals surface area (Å²) in [6.45, 7) is 5.73. The summed E-state index contributed by atoms with van der Waals surface area (Å²) in [6.07, 6.45) is 61.8. The number of phosphoric acid groups is 1. The highest BCUT2D eigenvalue weighted by Gasteiger charge is 2.26. The monoisotopic (exact) mass is 987 g/mol. The van der Waals surface area contributed by atoms with E-state index in [0.29, 0.717) is 24.1 Å². The van der Waals surface area contributed by atoms with Crippen molar-refractivity contribution in [3.05, 3.63) is 0 Å². The number of unbranched alkanes of at least 4 members (excludes halogenated alkanes) is 44. The van der Waals surface area contributed by atoms with E-state index in [2.05, 4.69) is 13.8 Å². The number of ether oxygens (including phenoxy) is 2. The van der Waals surface area contributed by atoms with Crippen LogP contribution in [0.3, 0.4) is 0 Å². The number of esters is 1. The summed E-state index contributed by atoms with van der Waals surface area (Å²) in [5.41, 5.74) is 0. The zero-order chi connectivity index (χ0) is 49.8. The van der Waals surface area contributed by atoms with Gasteiger partial charge < -0.3 is 18.9 Å². The molecule has 0 heterocycles. The van der Waals surface area contributed by atoms with Gasteiger partial charge in [0.15, 0.2) is 0 Å². The number of phosphoric ester groups is 1. The lowest BCUT2D eigenvalue weighted by molar-refractivity contribution is -0.870. The van der Waals surface area contributed by atoms with E-state index >= 15 is 0 Å². The fourth-order valence-corrected chi connectivity index (χ4v) is 10.0. The summed E-state index contributed by atoms with van der Waals surface area (Å²) in [4.78, 5) is 23.1. The standard InChI is InChI=1S/C59H120NO7P/c1-6-8-10-12-14-16-18-20-22-24-26-28-30-31-33-35-37-39-41-43-45-47-49-51-54-64-56-58(57-66-68(62,63)65-55-53-60(3,4)5)67-59(61)52-50-48-46-44-42-40-38-36-34-32-29-27-25-23-21-19-17-15-13-11-9-7-2/h58H,6-57H2,1-5H3/p+1. The third-order valence-corrected chi connectivity index (χ3v) is 14.9. The quantitative estimate of drug-likeness (QED) is 0.0281. The molecular weight excluding hydrogens is 866 g/mol. The van der Waals surface area contributed by atoms with Crippen molar-refractivity contribution >= 4 is 13.8 Å². The van der Waals surface area contributed by atoms with Crippen molar-refractivity contribution in [1.82, 2.24) is 0 Å². The molecular formula is C59H121NO7P+. The van der Waals surface area contributed by atoms with Crippen LogP contribution in [0.25, 0.3) is 0 Å². The van der Waals surface area contributed by atoms with Crippen LogP contribution in [0.4, 0.5) is 0 Å². The summed E-state index contributed by atoms with van der Waals surface area (Å²) in [6, 6.07) is 0. The molecule has 0 saturated heterocycles. The average Bonchev–Trinajstić information content (AvgIpc) is 3.30. The van der Waals surface area contributed by atoms with E-state index in [4.69, 9.17) is 18.5 Å². The van der Waals surface area contributed by atoms with E-state index in [9.17, 15) is 14.3 Å². The Morgan fingerprint density at radius 1 is 0.397 bits per heavy atom. The van der Waals surface area contributed by atoms with Crippen LogP contribution in [0.2, 0.25) is 0 Å². The van der Waals surface area contributed by atoms with E-state index in [0.717, 1.165) is 32.1 Å². The zero-order valence-electron chi connectivity index (χ0n) is 46.6. The van der Waals surface area contributed by atoms with Crippen LogP contribution in [0.15, 0.2) is 0 Å². The molecule has 0 rings (SSSR count). The highest BCUT2D eigenvalue weighted by Crippen LogP contribution is 2.43. The molecule has 1 N–H and O–H groups in total. The highest BCUT2D eigenvalue weighted by molar-refractivity contribution is 7.47. The van der Waals surface area contributed by atoms with Crippen molar-refractivity contribution < 1.29 is 37.3 Å². The van der Waals surface area contributed by atoms with Crippen molar-refractivity contribution in [1.29, 1.82) is 0 Å². The Morgan fingerprint density at radius 2 is 0.676 bits per heavy atom. The summed E-state index contributed by atoms with van der Waals surface area (Å²) in [5, 5.41) is 0. The lowest BCUT2D eigenvalue weighted by Gasteiger charge is -2.24. The Balaban J connectivity index is 3.98. The van der Waals surface area contributed by atoms with Crippen LogP contribution in [-0.4, -0.2) is 75.6 Å². The van der Waals surface area contributed by atoms with Crippen molar-refractivity contribution in [3.63, 3.8) is 0 Å². The molecule has 0 aromatic heterocycles. The number of hydrogen-bond acceptors (Lipinski definition) is 6. The van der Waals surface area contributed by atoms with E-state index in [1.54, 1.807) is 0 Å². The Labute approximate surface area is 425 Å². The van der Waals surface area contributed by atoms with Gasteiger partial charge >= 0.3 is 13.8 Å². The fourth-order valence-electron chi connectivity index (χ4n) is 9.26. The highest BCUT2D eigenvalue weighted by atomic mass is 31.2. The van der Waals surface area contributed by atoms with Gasteiger partial charge in [-0.1, -0.05) is 296 Å². The number of likely N-dealkylation sites (N-methyl/N-ethyl adjacent to an activating group) is 1. The fraction of sp³-hybridized carbons (Fsp3) is 0.983. The molecule has 8 nitrogen and oxygen atoms in total. The molecule has 2 unspecified atom stereocenters. The van der Waals surface area contributed by atoms with Gasteiger partial charge in [-0.3, -0.25) is 13.8 Å². The van der Waals surface area contributed by atoms with Crippen LogP contribution >= 0.6 is 7.82 Å². The number of rotatable bonds is 58. The van der Waals surface area contributed by atoms with Gasteiger partial charge in [-0.25, -0.2) is 4.57 Å². The largest absolute Gasteiger partial charge is 0.472 e. The minimum Gasteiger partial charge on any atom is -0.457 e. The molecule has 0 aliphatic heterocycles. The smallest absolute Gasteiger partial charge is 0.457 e. The molecule has 0 spiro atoms. The Hall–Kier alpha value is -0.500. The molecule has 68 heavy (non-hydrogen) atoms. The molecule has 0 radical (unpaired) electrons. The number of hydrogen-bond donors (Lipinski definition) is 1. The average molecular weight is 988 g/mol. The van der Waals surface area contributed by atoms with E-state index in [-0.39, 0.29) is 25.8 Å². The zero-order valence-corrected chi connectivity index (χ0v) is 47.5. The Bertz CT molecular complexity index is 1050. The first-order valence-electron chi connectivity index (χ1n) is 30.3. The van der Waals surface area contributed by atoms with Crippen molar-refractivity contribution in [2.24, 2.45) is 0 Å². The lowest BCUT2D eigenvalue weighted by Crippen LogP contribution is -2.37. The van der Waals surface area contributed by atoms with Gasteiger partial charge in [0.25, 0.3) is 0 Å². The molecule has 0 aliphatic carbocycles. The third-order valence-electron chi connectivity index (χ3n) is 13.9. The minimum atomic E-state index is -4.28. The number of carbonyl (C=O) groups is 1. The van der Waals surface area contributed by atoms with Crippen LogP contribution in [0.5, 0.6) is 0 Å². The minimum absolute atomic E-state index is 0.0945. The molecule has 0 aliphatic rings. The summed E-state index contributed by atoms with van der Waals surface area (Å²) < 4.78 is 35.3. The normalized spacial score (nSPS) is 13.3. The van der Waals surface area contributed by atoms with Crippen LogP contribution in [-0.2, 0) is 27.9 Å². The molecule has 9 heteroatoms. The first-order chi connectivity index (χ1) is 33.1. The van der Waals surface area contributed by atoms with Gasteiger partial charge in [0.1, 0.15) is 19.3 Å². The van der Waals surface area contributed by atoms with Gasteiger partial charge in [-0.05, 0) is 12.8 Å². The van der Waals surface area contributed by atoms with Gasteiger partial charge in [-0.15, -0.1) is 0 Å². The second kappa shape index (κ2) is 52.8. The number of carbonyl (C=O) groups excluding carboxylic acids is 1. The second-order valence-corrected chi connectivity index (χ2v) is 23.6. The summed E-state index contributed by atoms with van der Waals surface area (Å²) >= 11 is 0. The molecule has 0 saturated carbocycles. The molecule has 2 atom stereocenters. The van der Waals surface area contributed by atoms with Crippen molar-refractivity contribution in [2.75, 3.05) is 54.1 Å². The van der Waals surface area contributed by atoms with Crippen LogP contribution in [0.1, 0.15) is 316 Å². The lowest BCUT2D eigenvalue weighted by atomic mass is 10.0. The predicted molar refractivity (Wildman–Crippen MR) is 294 cm³/mol. The van der Waals surface area contributed by atoms with Crippen molar-refractivity contribution in [3.8, 4) is 0 Å². The van der Waals surface area contributed by atoms with E-state index in [1.165, 1.54) is 263 Å². The molecule has 408 valence electrons. The topological polar surface area (TPSA) is 91.3 Å². The van der Waals surface area contributed by atoms with Gasteiger partial charge in [0.05, 0.1) is 34.4 Å². The summed E-state index contributed by atoms with van der Waals surface area (Å²) in [7, 11) is 1.70. The Kier molecular flexibility index (Phi) is 52.4. The summed E-state index contributed by atoms with van der Waals surface area (Å²) in [5.74, 6) is -0.302. The van der Waals surface area contributed by atoms with E-state index < -0.39 is 13.9 Å².